The van der Waals surface area contributed by atoms with Crippen LogP contribution in [0.3, 0.4) is 0 Å². The topological polar surface area (TPSA) is 329 Å². The van der Waals surface area contributed by atoms with Gasteiger partial charge in [0, 0.05) is 81.9 Å². The number of carbonyl (C=O) groups is 8. The maximum absolute atomic E-state index is 11.2. The van der Waals surface area contributed by atoms with Gasteiger partial charge in [0.2, 0.25) is 0 Å². The van der Waals surface area contributed by atoms with Crippen LogP contribution >= 0.6 is 139 Å². The smallest absolute Gasteiger partial charge is 0.341 e. The van der Waals surface area contributed by atoms with Gasteiger partial charge in [-0.15, -0.1) is 11.6 Å². The zero-order chi connectivity index (χ0) is 95.7. The lowest BCUT2D eigenvalue weighted by Gasteiger charge is -2.23. The number of nitrogens with one attached hydrogen (secondary N) is 3. The van der Waals surface area contributed by atoms with Crippen LogP contribution in [0.5, 0.6) is 11.5 Å². The molecule has 0 aliphatic rings. The summed E-state index contributed by atoms with van der Waals surface area (Å²) < 4.78 is 20.0. The van der Waals surface area contributed by atoms with Crippen LogP contribution in [0.25, 0.3) is 32.6 Å². The van der Waals surface area contributed by atoms with Crippen molar-refractivity contribution in [3.05, 3.63) is 345 Å². The summed E-state index contributed by atoms with van der Waals surface area (Å²) in [4.78, 5) is 98.6. The fourth-order valence-corrected chi connectivity index (χ4v) is 12.4. The lowest BCUT2D eigenvalue weighted by Crippen LogP contribution is -2.36. The van der Waals surface area contributed by atoms with E-state index in [2.05, 4.69) is 45.1 Å². The van der Waals surface area contributed by atoms with Crippen molar-refractivity contribution in [2.24, 2.45) is 0 Å². The Morgan fingerprint density at radius 3 is 1.65 bits per heavy atom. The second-order valence-corrected chi connectivity index (χ2v) is 32.0. The predicted octanol–water partition coefficient (Wildman–Crippen LogP) is 28.2. The molecule has 0 aliphatic heterocycles. The standard InChI is InChI=1S/C13H12O.C12H15NO2.C11H13ClO2.C11H11NO.C10H10ClN.C9H9Cl3O2.C9H12Cl2O2.C8H6Cl2O3.C8H8O2.C6H4Cl3N.H3N/c1-10(14)9-12-7-4-6-11-5-2-3-8-13(11)12;14-12(15)8-5-7-11-6-3-1-2-4-9-13-10-11;1-8(13)11(2,3)14-10-6-4-9(12)5-7-10;1-8(13)6-9-7-12-11-5-3-2-4-10(9)11;1-2-7-6-12-9-5-3-4-8(11)10(7)9;1-7(13)6-14-5-3-9(12)8(11)2-4-10;1-8(12)7-13-6-2-3-9(11)4-5-10;1-13-7-5(10)3-2-4(9)6(7)8(11)12;9-8(10)6-7-4-2-1-3-5-7;1-3-4(7)2-5(8)6(9)10-3;/h2-8H,9H2,1H3;1-4,6,9-10,13H,5,7-8H2,(H,14,15);4-7H,1-3H3;2-5,7,12H,6H2,1H3;3-6,12H,2H2,1H3;2-5H,6H2,1H3;2,4-6,9H,3,7H2,1H3;2-3H,1H3,(H,11,12);1-5H,6H2,(H,9,10);2H,1H3;1H3/b;;;;;4-2+,5-3+,9-8-;5-4+,6-2+;;;;. The van der Waals surface area contributed by atoms with Crippen molar-refractivity contribution in [1.29, 1.82) is 0 Å². The van der Waals surface area contributed by atoms with Crippen LogP contribution in [0, 0.1) is 6.92 Å². The number of Topliss-reactive ketones (excluding diaryl/α,β-unsaturated/α-hetero) is 5. The molecule has 4 aromatic heterocycles. The van der Waals surface area contributed by atoms with Crippen LogP contribution < -0.4 is 15.6 Å². The van der Waals surface area contributed by atoms with Gasteiger partial charge in [0.15, 0.2) is 28.7 Å². The van der Waals surface area contributed by atoms with E-state index in [1.165, 1.54) is 97.5 Å². The van der Waals surface area contributed by atoms with Crippen molar-refractivity contribution in [3.8, 4) is 11.5 Å². The third-order valence-electron chi connectivity index (χ3n) is 16.4. The number of carboxylic acid groups (broad SMARTS) is 3. The summed E-state index contributed by atoms with van der Waals surface area (Å²) in [6.07, 6.45) is 21.2. The number of aryl methyl sites for hydroxylation is 3. The van der Waals surface area contributed by atoms with E-state index in [-0.39, 0.29) is 92.9 Å². The summed E-state index contributed by atoms with van der Waals surface area (Å²) in [5.74, 6) is -1.63. The van der Waals surface area contributed by atoms with Crippen LogP contribution in [-0.2, 0) is 75.1 Å². The van der Waals surface area contributed by atoms with Gasteiger partial charge >= 0.3 is 17.9 Å². The number of aromatic amines is 3. The third-order valence-corrected chi connectivity index (χ3v) is 20.0. The number of nitrogens with zero attached hydrogens (tertiary/aromatic N) is 1. The van der Waals surface area contributed by atoms with E-state index < -0.39 is 23.5 Å². The van der Waals surface area contributed by atoms with Gasteiger partial charge in [-0.25, -0.2) is 9.78 Å². The van der Waals surface area contributed by atoms with Crippen molar-refractivity contribution < 1.29 is 72.6 Å². The molecule has 4 heterocycles. The number of hydrogen-bond donors (Lipinski definition) is 7. The Morgan fingerprint density at radius 2 is 1.08 bits per heavy atom. The highest BCUT2D eigenvalue weighted by Gasteiger charge is 2.26. The Kier molecular flexibility index (Phi) is 60.1. The molecule has 11 rings (SSSR count). The molecule has 0 saturated heterocycles. The maximum atomic E-state index is 11.2. The first-order chi connectivity index (χ1) is 60.8. The minimum atomic E-state index is -1.16. The van der Waals surface area contributed by atoms with Gasteiger partial charge in [-0.3, -0.25) is 33.6 Å². The van der Waals surface area contributed by atoms with Crippen LogP contribution in [0.15, 0.2) is 271 Å². The van der Waals surface area contributed by atoms with E-state index in [1.54, 1.807) is 89.2 Å². The van der Waals surface area contributed by atoms with Gasteiger partial charge in [-0.05, 0) is 205 Å². The molecule has 690 valence electrons. The van der Waals surface area contributed by atoms with Crippen molar-refractivity contribution >= 4 is 219 Å². The summed E-state index contributed by atoms with van der Waals surface area (Å²) >= 11 is 67.8. The van der Waals surface area contributed by atoms with Gasteiger partial charge < -0.3 is 55.4 Å². The summed E-state index contributed by atoms with van der Waals surface area (Å²) in [5, 5.41) is 33.9. The molecule has 0 amide bonds. The fraction of sp³-hybridized carbons (Fsp3) is 0.227. The molecule has 11 aromatic rings. The number of rotatable bonds is 27. The zero-order valence-corrected chi connectivity index (χ0v) is 81.5. The summed E-state index contributed by atoms with van der Waals surface area (Å²) in [7, 11) is 1.34. The molecule has 0 saturated carbocycles. The first kappa shape index (κ1) is 117. The van der Waals surface area contributed by atoms with Crippen LogP contribution in [0.2, 0.25) is 35.3 Å². The highest BCUT2D eigenvalue weighted by Crippen LogP contribution is 2.34. The van der Waals surface area contributed by atoms with E-state index >= 15 is 0 Å². The maximum Gasteiger partial charge on any atom is 0.341 e. The van der Waals surface area contributed by atoms with Gasteiger partial charge in [0.05, 0.1) is 72.3 Å². The first-order valence-corrected chi connectivity index (χ1v) is 43.6. The van der Waals surface area contributed by atoms with Crippen LogP contribution in [-0.4, -0.2) is 113 Å². The lowest BCUT2D eigenvalue weighted by atomic mass is 10.0. The molecule has 0 aliphatic carbocycles. The number of para-hydroxylation sites is 1. The second-order valence-electron chi connectivity index (χ2n) is 27.3. The number of H-pyrrole nitrogens is 3. The van der Waals surface area contributed by atoms with Gasteiger partial charge in [0.1, 0.15) is 41.2 Å². The van der Waals surface area contributed by atoms with E-state index in [4.69, 9.17) is 173 Å². The number of aromatic nitrogens is 4. The Balaban J connectivity index is 0.000000717. The molecular formula is C97H103Cl12N5O15. The Morgan fingerprint density at radius 1 is 0.535 bits per heavy atom. The highest BCUT2D eigenvalue weighted by atomic mass is 35.5. The van der Waals surface area contributed by atoms with Crippen LogP contribution in [0.4, 0.5) is 0 Å². The fourth-order valence-electron chi connectivity index (χ4n) is 10.1. The largest absolute Gasteiger partial charge is 0.494 e. The van der Waals surface area contributed by atoms with Gasteiger partial charge in [0.25, 0.3) is 0 Å². The molecular weight excluding hydrogens is 1900 g/mol. The number of halogens is 12. The molecule has 0 radical (unpaired) electrons. The molecule has 9 N–H and O–H groups in total. The number of methoxy groups -OCH3 is 1. The normalized spacial score (nSPS) is 10.8. The number of carbonyl (C=O) groups excluding carboxylic acids is 5. The monoisotopic (exact) mass is 2000 g/mol. The third kappa shape index (κ3) is 50.0. The molecule has 129 heavy (non-hydrogen) atoms. The highest BCUT2D eigenvalue weighted by molar-refractivity contribution is 6.43. The number of hydrogen-bond acceptors (Lipinski definition) is 14. The van der Waals surface area contributed by atoms with E-state index in [9.17, 15) is 38.4 Å². The number of carboxylic acids is 3. The average molecular weight is 2000 g/mol. The molecule has 20 nitrogen and oxygen atoms in total. The first-order valence-electron chi connectivity index (χ1n) is 38.9. The average Bonchev–Trinajstić information content (AvgIpc) is 1.73. The van der Waals surface area contributed by atoms with Gasteiger partial charge in [-0.1, -0.05) is 262 Å². The Hall–Kier alpha value is -10.1. The Bertz CT molecular complexity index is 5480. The molecule has 1 unspecified atom stereocenters. The molecule has 7 aromatic carbocycles. The number of ether oxygens (including phenoxy) is 4. The Labute approximate surface area is 812 Å². The lowest BCUT2D eigenvalue weighted by molar-refractivity contribution is -0.137. The molecule has 0 fully saturated rings. The predicted molar refractivity (Wildman–Crippen MR) is 531 cm³/mol. The number of aromatic carboxylic acids is 1. The molecule has 1 atom stereocenters. The molecule has 32 heteroatoms. The van der Waals surface area contributed by atoms with Crippen molar-refractivity contribution in [2.45, 2.75) is 125 Å². The SMILES string of the molecule is CC(=O)C(C)(C)Oc1ccc(Cl)cc1.CC(=O)CO/C=C/C(Cl)=C(Cl)\C=C\Cl.CC(=O)CO/C=C/CC(Cl)/C=C/Cl.CC(=O)Cc1c[nH]c2ccccc12.CC(=O)Cc1cccc2ccccc12.CCc1c[nH]c2cccc(Cl)c12.COc1c(Cl)ccc(Cl)c1C(=O)O.Cc1nc(Cl)c(Cl)cc1Cl.N.O=C(O)CCCc1cccccc[nH]c1.O=C(O)Cc1ccccc1. The zero-order valence-electron chi connectivity index (χ0n) is 72.4. The number of aliphatic carboxylic acids is 2. The number of pyridine rings is 1. The van der Waals surface area contributed by atoms with Crippen molar-refractivity contribution in [1.82, 2.24) is 26.1 Å². The van der Waals surface area contributed by atoms with Crippen molar-refractivity contribution in [2.75, 3.05) is 20.3 Å². The number of allylic oxidation sites excluding steroid dienone is 6. The van der Waals surface area contributed by atoms with Crippen LogP contribution in [0.1, 0.15) is 119 Å². The van der Waals surface area contributed by atoms with E-state index in [1.807, 2.05) is 140 Å². The minimum Gasteiger partial charge on any atom is -0.494 e. The van der Waals surface area contributed by atoms with E-state index in [0.29, 0.717) is 62.4 Å². The summed E-state index contributed by atoms with van der Waals surface area (Å²) in [6.45, 7) is 15.1. The van der Waals surface area contributed by atoms with Gasteiger partial charge in [-0.2, -0.15) is 0 Å². The quantitative estimate of drug-likeness (QED) is 0.0109. The number of benzene rings is 7. The summed E-state index contributed by atoms with van der Waals surface area (Å²) in [5.41, 5.74) is 10.1. The number of alkyl halides is 1. The van der Waals surface area contributed by atoms with E-state index in [0.717, 1.165) is 56.5 Å². The second kappa shape index (κ2) is 66.3. The molecule has 0 spiro atoms. The summed E-state index contributed by atoms with van der Waals surface area (Å²) in [6, 6.07) is 58.4. The van der Waals surface area contributed by atoms with Crippen molar-refractivity contribution in [3.63, 3.8) is 0 Å². The number of ketones is 5. The molecule has 0 bridgehead atoms. The number of fused-ring (bicyclic) bond motifs is 3. The minimum absolute atomic E-state index is 0.